The number of carbonyl (C=O) groups excluding carboxylic acids is 1. The van der Waals surface area contributed by atoms with Gasteiger partial charge in [0.15, 0.2) is 0 Å². The molecule has 0 fully saturated rings. The number of para-hydroxylation sites is 1. The van der Waals surface area contributed by atoms with Gasteiger partial charge >= 0.3 is 5.97 Å². The Balaban J connectivity index is 2.06. The topological polar surface area (TPSA) is 48.7 Å². The second-order valence-corrected chi connectivity index (χ2v) is 5.21. The monoisotopic (exact) mass is 274 g/mol. The minimum Gasteiger partial charge on any atom is -0.466 e. The van der Waals surface area contributed by atoms with E-state index < -0.39 is 5.60 Å². The van der Waals surface area contributed by atoms with E-state index in [-0.39, 0.29) is 12.4 Å². The van der Waals surface area contributed by atoms with Crippen LogP contribution in [0.15, 0.2) is 28.7 Å². The highest BCUT2D eigenvalue weighted by atomic mass is 16.5. The van der Waals surface area contributed by atoms with E-state index in [9.17, 15) is 4.79 Å². The van der Waals surface area contributed by atoms with Crippen molar-refractivity contribution < 1.29 is 18.7 Å². The smallest absolute Gasteiger partial charge is 0.309 e. The molecule has 1 unspecified atom stereocenters. The second-order valence-electron chi connectivity index (χ2n) is 5.21. The van der Waals surface area contributed by atoms with Gasteiger partial charge in [-0.2, -0.15) is 0 Å². The standard InChI is InChI=1S/C16H18O4/c1-3-18-14(17)10-16(2)15-11-6-4-5-7-12(11)20-13(15)8-9-19-16/h4-7H,3,8-10H2,1-2H3. The summed E-state index contributed by atoms with van der Waals surface area (Å²) >= 11 is 0. The van der Waals surface area contributed by atoms with Gasteiger partial charge in [0.2, 0.25) is 0 Å². The first kappa shape index (κ1) is 13.2. The van der Waals surface area contributed by atoms with Crippen molar-refractivity contribution in [1.82, 2.24) is 0 Å². The lowest BCUT2D eigenvalue weighted by Gasteiger charge is -2.33. The maximum atomic E-state index is 11.9. The second kappa shape index (κ2) is 4.94. The van der Waals surface area contributed by atoms with Crippen molar-refractivity contribution in [3.63, 3.8) is 0 Å². The van der Waals surface area contributed by atoms with Crippen molar-refractivity contribution in [3.8, 4) is 0 Å². The highest BCUT2D eigenvalue weighted by molar-refractivity contribution is 5.84. The SMILES string of the molecule is CCOC(=O)CC1(C)OCCc2oc3ccccc3c21. The summed E-state index contributed by atoms with van der Waals surface area (Å²) in [5.41, 5.74) is 1.16. The van der Waals surface area contributed by atoms with E-state index in [1.165, 1.54) is 0 Å². The highest BCUT2D eigenvalue weighted by Crippen LogP contribution is 2.42. The molecule has 1 aromatic heterocycles. The van der Waals surface area contributed by atoms with E-state index in [1.807, 2.05) is 31.2 Å². The molecular weight excluding hydrogens is 256 g/mol. The van der Waals surface area contributed by atoms with Crippen LogP contribution in [0.1, 0.15) is 31.6 Å². The number of rotatable bonds is 3. The van der Waals surface area contributed by atoms with Gasteiger partial charge in [0, 0.05) is 17.4 Å². The van der Waals surface area contributed by atoms with Gasteiger partial charge in [0.1, 0.15) is 16.9 Å². The van der Waals surface area contributed by atoms with Gasteiger partial charge in [-0.15, -0.1) is 0 Å². The summed E-state index contributed by atoms with van der Waals surface area (Å²) in [6.45, 7) is 4.68. The van der Waals surface area contributed by atoms with Crippen molar-refractivity contribution in [2.24, 2.45) is 0 Å². The molecule has 106 valence electrons. The van der Waals surface area contributed by atoms with Gasteiger partial charge in [0.05, 0.1) is 19.6 Å². The molecule has 0 amide bonds. The van der Waals surface area contributed by atoms with Crippen molar-refractivity contribution in [2.75, 3.05) is 13.2 Å². The zero-order chi connectivity index (χ0) is 14.2. The molecule has 0 radical (unpaired) electrons. The van der Waals surface area contributed by atoms with Gasteiger partial charge < -0.3 is 13.9 Å². The first-order chi connectivity index (χ1) is 9.64. The van der Waals surface area contributed by atoms with Gasteiger partial charge in [-0.3, -0.25) is 4.79 Å². The van der Waals surface area contributed by atoms with Gasteiger partial charge in [-0.25, -0.2) is 0 Å². The summed E-state index contributed by atoms with van der Waals surface area (Å²) in [4.78, 5) is 11.9. The van der Waals surface area contributed by atoms with Crippen LogP contribution >= 0.6 is 0 Å². The molecule has 0 saturated carbocycles. The Hall–Kier alpha value is -1.81. The number of fused-ring (bicyclic) bond motifs is 3. The Bertz CT molecular complexity index is 643. The number of esters is 1. The molecule has 3 rings (SSSR count). The summed E-state index contributed by atoms with van der Waals surface area (Å²) in [5, 5.41) is 1.02. The summed E-state index contributed by atoms with van der Waals surface area (Å²) in [5.74, 6) is 0.678. The number of furan rings is 1. The zero-order valence-electron chi connectivity index (χ0n) is 11.8. The first-order valence-electron chi connectivity index (χ1n) is 6.94. The zero-order valence-corrected chi connectivity index (χ0v) is 11.8. The van der Waals surface area contributed by atoms with Gasteiger partial charge in [0.25, 0.3) is 0 Å². The number of hydrogen-bond acceptors (Lipinski definition) is 4. The molecule has 0 N–H and O–H groups in total. The lowest BCUT2D eigenvalue weighted by Crippen LogP contribution is -2.34. The molecule has 4 nitrogen and oxygen atoms in total. The number of ether oxygens (including phenoxy) is 2. The fourth-order valence-electron chi connectivity index (χ4n) is 2.92. The minimum absolute atomic E-state index is 0.206. The third kappa shape index (κ3) is 2.10. The lowest BCUT2D eigenvalue weighted by atomic mass is 9.87. The largest absolute Gasteiger partial charge is 0.466 e. The maximum Gasteiger partial charge on any atom is 0.309 e. The predicted molar refractivity (Wildman–Crippen MR) is 74.5 cm³/mol. The maximum absolute atomic E-state index is 11.9. The number of carbonyl (C=O) groups is 1. The molecule has 2 aromatic rings. The Morgan fingerprint density at radius 2 is 2.20 bits per heavy atom. The van der Waals surface area contributed by atoms with Crippen LogP contribution < -0.4 is 0 Å². The average molecular weight is 274 g/mol. The van der Waals surface area contributed by atoms with Crippen molar-refractivity contribution in [3.05, 3.63) is 35.6 Å². The van der Waals surface area contributed by atoms with Gasteiger partial charge in [-0.05, 0) is 19.9 Å². The highest BCUT2D eigenvalue weighted by Gasteiger charge is 2.39. The van der Waals surface area contributed by atoms with Crippen LogP contribution in [-0.2, 0) is 26.3 Å². The van der Waals surface area contributed by atoms with Crippen LogP contribution in [0.4, 0.5) is 0 Å². The molecular formula is C16H18O4. The molecule has 2 heterocycles. The van der Waals surface area contributed by atoms with Crippen molar-refractivity contribution >= 4 is 16.9 Å². The quantitative estimate of drug-likeness (QED) is 0.807. The molecule has 0 aliphatic carbocycles. The van der Waals surface area contributed by atoms with Gasteiger partial charge in [-0.1, -0.05) is 18.2 Å². The minimum atomic E-state index is -0.674. The summed E-state index contributed by atoms with van der Waals surface area (Å²) in [6.07, 6.45) is 0.944. The molecule has 1 aliphatic heterocycles. The molecule has 0 spiro atoms. The average Bonchev–Trinajstić information content (AvgIpc) is 2.78. The molecule has 4 heteroatoms. The van der Waals surface area contributed by atoms with Crippen LogP contribution in [0.5, 0.6) is 0 Å². The van der Waals surface area contributed by atoms with Crippen LogP contribution in [0, 0.1) is 0 Å². The van der Waals surface area contributed by atoms with E-state index in [0.29, 0.717) is 13.2 Å². The van der Waals surface area contributed by atoms with Crippen molar-refractivity contribution in [2.45, 2.75) is 32.3 Å². The summed E-state index contributed by atoms with van der Waals surface area (Å²) < 4.78 is 16.9. The Kier molecular flexibility index (Phi) is 3.26. The molecule has 20 heavy (non-hydrogen) atoms. The first-order valence-corrected chi connectivity index (χ1v) is 6.94. The lowest BCUT2D eigenvalue weighted by molar-refractivity contribution is -0.152. The normalized spacial score (nSPS) is 21.7. The fraction of sp³-hybridized carbons (Fsp3) is 0.438. The summed E-state index contributed by atoms with van der Waals surface area (Å²) in [6, 6.07) is 7.87. The van der Waals surface area contributed by atoms with Crippen LogP contribution in [0.3, 0.4) is 0 Å². The number of hydrogen-bond donors (Lipinski definition) is 0. The van der Waals surface area contributed by atoms with E-state index in [0.717, 1.165) is 28.7 Å². The molecule has 0 bridgehead atoms. The van der Waals surface area contributed by atoms with E-state index >= 15 is 0 Å². The molecule has 0 saturated heterocycles. The molecule has 1 atom stereocenters. The van der Waals surface area contributed by atoms with Crippen LogP contribution in [0.2, 0.25) is 0 Å². The fourth-order valence-corrected chi connectivity index (χ4v) is 2.92. The Labute approximate surface area is 117 Å². The summed E-state index contributed by atoms with van der Waals surface area (Å²) in [7, 11) is 0. The number of benzene rings is 1. The van der Waals surface area contributed by atoms with E-state index in [1.54, 1.807) is 6.92 Å². The third-order valence-corrected chi connectivity index (χ3v) is 3.73. The predicted octanol–water partition coefficient (Wildman–Crippen LogP) is 3.17. The molecule has 1 aliphatic rings. The molecule has 1 aromatic carbocycles. The van der Waals surface area contributed by atoms with E-state index in [2.05, 4.69) is 0 Å². The third-order valence-electron chi connectivity index (χ3n) is 3.73. The van der Waals surface area contributed by atoms with E-state index in [4.69, 9.17) is 13.9 Å². The Morgan fingerprint density at radius 1 is 1.40 bits per heavy atom. The van der Waals surface area contributed by atoms with Crippen molar-refractivity contribution in [1.29, 1.82) is 0 Å². The van der Waals surface area contributed by atoms with Crippen LogP contribution in [0.25, 0.3) is 11.0 Å². The van der Waals surface area contributed by atoms with Crippen LogP contribution in [-0.4, -0.2) is 19.2 Å². The Morgan fingerprint density at radius 3 is 3.00 bits per heavy atom.